The van der Waals surface area contributed by atoms with Gasteiger partial charge in [-0.05, 0) is 56.2 Å². The average molecular weight is 558 g/mol. The minimum atomic E-state index is -4.87. The van der Waals surface area contributed by atoms with Gasteiger partial charge in [-0.2, -0.15) is 26.3 Å². The molecule has 2 rings (SSSR count). The van der Waals surface area contributed by atoms with Gasteiger partial charge in [0, 0.05) is 5.02 Å². The van der Waals surface area contributed by atoms with E-state index in [-0.39, 0.29) is 21.3 Å². The first-order valence-electron chi connectivity index (χ1n) is 10.6. The van der Waals surface area contributed by atoms with Gasteiger partial charge >= 0.3 is 18.3 Å². The molecule has 0 spiro atoms. The summed E-state index contributed by atoms with van der Waals surface area (Å²) >= 11 is 11.8. The zero-order chi connectivity index (χ0) is 27.5. The van der Waals surface area contributed by atoms with Gasteiger partial charge in [-0.3, -0.25) is 9.59 Å². The van der Waals surface area contributed by atoms with Crippen LogP contribution in [-0.2, 0) is 14.3 Å². The molecule has 198 valence electrons. The van der Waals surface area contributed by atoms with E-state index in [0.717, 1.165) is 18.2 Å². The highest BCUT2D eigenvalue weighted by molar-refractivity contribution is 6.33. The fourth-order valence-corrected chi connectivity index (χ4v) is 3.63. The normalized spacial score (nSPS) is 14.2. The second kappa shape index (κ2) is 11.3. The molecule has 2 aromatic rings. The average Bonchev–Trinajstić information content (AvgIpc) is 2.70. The molecule has 0 heterocycles. The summed E-state index contributed by atoms with van der Waals surface area (Å²) < 4.78 is 85.9. The number of anilines is 1. The van der Waals surface area contributed by atoms with Crippen molar-refractivity contribution in [3.63, 3.8) is 0 Å². The van der Waals surface area contributed by atoms with E-state index in [1.165, 1.54) is 45.0 Å². The van der Waals surface area contributed by atoms with Gasteiger partial charge in [-0.1, -0.05) is 41.4 Å². The zero-order valence-corrected chi connectivity index (χ0v) is 20.9. The van der Waals surface area contributed by atoms with Crippen LogP contribution in [0.2, 0.25) is 10.0 Å². The van der Waals surface area contributed by atoms with Gasteiger partial charge in [0.05, 0.1) is 35.4 Å². The third-order valence-electron chi connectivity index (χ3n) is 4.86. The van der Waals surface area contributed by atoms with Crippen molar-refractivity contribution in [3.8, 4) is 0 Å². The first-order chi connectivity index (χ1) is 16.4. The number of esters is 1. The molecule has 4 nitrogen and oxygen atoms in total. The van der Waals surface area contributed by atoms with E-state index >= 15 is 0 Å². The molecule has 36 heavy (non-hydrogen) atoms. The van der Waals surface area contributed by atoms with E-state index in [2.05, 4.69) is 5.32 Å². The van der Waals surface area contributed by atoms with Crippen LogP contribution < -0.4 is 5.32 Å². The Labute approximate surface area is 213 Å². The number of hydrogen-bond acceptors (Lipinski definition) is 3. The summed E-state index contributed by atoms with van der Waals surface area (Å²) in [4.78, 5) is 24.9. The molecule has 0 aromatic heterocycles. The molecule has 1 amide bonds. The van der Waals surface area contributed by atoms with Crippen LogP contribution in [0.4, 0.5) is 32.0 Å². The van der Waals surface area contributed by atoms with Gasteiger partial charge in [0.15, 0.2) is 0 Å². The molecule has 0 radical (unpaired) electrons. The fraction of sp³-hybridized carbons (Fsp3) is 0.417. The number of ether oxygens (including phenoxy) is 1. The van der Waals surface area contributed by atoms with Crippen molar-refractivity contribution in [2.24, 2.45) is 0 Å². The smallest absolute Gasteiger partial charge is 0.396 e. The van der Waals surface area contributed by atoms with Crippen LogP contribution in [0.1, 0.15) is 56.6 Å². The largest absolute Gasteiger partial charge is 0.460 e. The highest BCUT2D eigenvalue weighted by atomic mass is 35.5. The number of halogens is 8. The summed E-state index contributed by atoms with van der Waals surface area (Å²) in [6.45, 7) is 4.50. The lowest BCUT2D eigenvalue weighted by atomic mass is 9.93. The van der Waals surface area contributed by atoms with Crippen molar-refractivity contribution in [1.29, 1.82) is 0 Å². The second-order valence-corrected chi connectivity index (χ2v) is 9.88. The zero-order valence-electron chi connectivity index (χ0n) is 19.4. The molecule has 0 aliphatic heterocycles. The van der Waals surface area contributed by atoms with Gasteiger partial charge < -0.3 is 10.1 Å². The molecule has 0 aliphatic rings. The predicted molar refractivity (Wildman–Crippen MR) is 124 cm³/mol. The van der Waals surface area contributed by atoms with Gasteiger partial charge in [-0.25, -0.2) is 0 Å². The topological polar surface area (TPSA) is 55.4 Å². The van der Waals surface area contributed by atoms with Crippen molar-refractivity contribution in [3.05, 3.63) is 63.6 Å². The van der Waals surface area contributed by atoms with Crippen LogP contribution in [0.15, 0.2) is 42.5 Å². The molecule has 0 saturated heterocycles. The Morgan fingerprint density at radius 2 is 1.47 bits per heavy atom. The molecule has 0 aliphatic carbocycles. The number of carbonyl (C=O) groups is 2. The Morgan fingerprint density at radius 3 is 1.97 bits per heavy atom. The summed E-state index contributed by atoms with van der Waals surface area (Å²) in [7, 11) is 0. The number of hydrogen-bond donors (Lipinski definition) is 1. The molecule has 0 bridgehead atoms. The lowest BCUT2D eigenvalue weighted by Gasteiger charge is -2.25. The number of amides is 1. The molecule has 0 unspecified atom stereocenters. The van der Waals surface area contributed by atoms with Crippen LogP contribution in [0.3, 0.4) is 0 Å². The minimum Gasteiger partial charge on any atom is -0.460 e. The number of nitrogens with one attached hydrogen (secondary N) is 1. The van der Waals surface area contributed by atoms with E-state index in [4.69, 9.17) is 27.9 Å². The van der Waals surface area contributed by atoms with Crippen LogP contribution >= 0.6 is 23.2 Å². The highest BCUT2D eigenvalue weighted by Gasteiger charge is 2.43. The molecule has 0 fully saturated rings. The summed E-state index contributed by atoms with van der Waals surface area (Å²) in [6, 6.07) is 8.08. The number of carbonyl (C=O) groups excluding carboxylic acids is 2. The SMILES string of the molecule is CC(C)(C)OC(=O)C[C@@H](c1ccc(Cl)c(NC(=O)[C@@H](CC(F)(F)F)c2ccc(Cl)cc2)c1)C(F)(F)F. The summed E-state index contributed by atoms with van der Waals surface area (Å²) in [5.41, 5.74) is -1.77. The van der Waals surface area contributed by atoms with Crippen molar-refractivity contribution in [2.75, 3.05) is 5.32 Å². The van der Waals surface area contributed by atoms with Crippen molar-refractivity contribution in [2.45, 2.75) is 63.4 Å². The van der Waals surface area contributed by atoms with Gasteiger partial charge in [0.2, 0.25) is 5.91 Å². The summed E-state index contributed by atoms with van der Waals surface area (Å²) in [5, 5.41) is 2.23. The fourth-order valence-electron chi connectivity index (χ4n) is 3.34. The van der Waals surface area contributed by atoms with E-state index in [9.17, 15) is 35.9 Å². The minimum absolute atomic E-state index is 0.000374. The Hall–Kier alpha value is -2.46. The number of alkyl halides is 6. The molecule has 12 heteroatoms. The maximum atomic E-state index is 13.8. The Kier molecular flexibility index (Phi) is 9.34. The maximum Gasteiger partial charge on any atom is 0.396 e. The maximum absolute atomic E-state index is 13.8. The van der Waals surface area contributed by atoms with Crippen LogP contribution in [-0.4, -0.2) is 29.8 Å². The lowest BCUT2D eigenvalue weighted by molar-refractivity contribution is -0.172. The van der Waals surface area contributed by atoms with Crippen LogP contribution in [0, 0.1) is 0 Å². The van der Waals surface area contributed by atoms with Gasteiger partial charge in [-0.15, -0.1) is 0 Å². The molecule has 2 atom stereocenters. The van der Waals surface area contributed by atoms with Crippen LogP contribution in [0.5, 0.6) is 0 Å². The lowest BCUT2D eigenvalue weighted by Crippen LogP contribution is -2.29. The predicted octanol–water partition coefficient (Wildman–Crippen LogP) is 8.05. The first-order valence-corrected chi connectivity index (χ1v) is 11.3. The van der Waals surface area contributed by atoms with E-state index < -0.39 is 60.1 Å². The third-order valence-corrected chi connectivity index (χ3v) is 5.44. The first kappa shape index (κ1) is 29.8. The van der Waals surface area contributed by atoms with E-state index in [0.29, 0.717) is 0 Å². The Morgan fingerprint density at radius 1 is 0.917 bits per heavy atom. The Bertz CT molecular complexity index is 1080. The summed E-state index contributed by atoms with van der Waals surface area (Å²) in [6.07, 6.45) is -12.2. The molecular formula is C24H23Cl2F6NO3. The monoisotopic (exact) mass is 557 g/mol. The molecule has 2 aromatic carbocycles. The van der Waals surface area contributed by atoms with Crippen molar-refractivity contribution < 1.29 is 40.7 Å². The van der Waals surface area contributed by atoms with Crippen LogP contribution in [0.25, 0.3) is 0 Å². The summed E-state index contributed by atoms with van der Waals surface area (Å²) in [5.74, 6) is -6.26. The second-order valence-electron chi connectivity index (χ2n) is 9.04. The van der Waals surface area contributed by atoms with Crippen molar-refractivity contribution in [1.82, 2.24) is 0 Å². The molecule has 1 N–H and O–H groups in total. The third kappa shape index (κ3) is 9.20. The van der Waals surface area contributed by atoms with E-state index in [1.54, 1.807) is 0 Å². The quantitative estimate of drug-likeness (QED) is 0.277. The molecule has 0 saturated carbocycles. The Balaban J connectivity index is 2.38. The van der Waals surface area contributed by atoms with Gasteiger partial charge in [0.25, 0.3) is 0 Å². The van der Waals surface area contributed by atoms with E-state index in [1.807, 2.05) is 0 Å². The van der Waals surface area contributed by atoms with Gasteiger partial charge in [0.1, 0.15) is 5.60 Å². The molecular weight excluding hydrogens is 535 g/mol. The highest BCUT2D eigenvalue weighted by Crippen LogP contribution is 2.40. The van der Waals surface area contributed by atoms with Crippen molar-refractivity contribution >= 4 is 40.8 Å². The standard InChI is InChI=1S/C24H23Cl2F6NO3/c1-22(2,3)36-20(34)11-17(24(30,31)32)14-6-9-18(26)19(10-14)33-21(35)16(12-23(27,28)29)13-4-7-15(25)8-5-13/h4-10,16-17H,11-12H2,1-3H3,(H,33,35)/t16-,17-/m0/s1. The number of rotatable bonds is 7. The number of benzene rings is 2.